The number of nitrogens with zero attached hydrogens (tertiary/aromatic N) is 1. The van der Waals surface area contributed by atoms with Crippen molar-refractivity contribution in [2.75, 3.05) is 13.1 Å². The average molecular weight is 355 g/mol. The molecule has 0 unspecified atom stereocenters. The van der Waals surface area contributed by atoms with Crippen molar-refractivity contribution < 1.29 is 4.79 Å². The van der Waals surface area contributed by atoms with Gasteiger partial charge in [0.2, 0.25) is 0 Å². The fourth-order valence-electron chi connectivity index (χ4n) is 4.92. The molecule has 1 saturated carbocycles. The molecule has 2 bridgehead atoms. The summed E-state index contributed by atoms with van der Waals surface area (Å²) in [7, 11) is 0. The molecule has 3 saturated heterocycles. The predicted octanol–water partition coefficient (Wildman–Crippen LogP) is 4.38. The quantitative estimate of drug-likeness (QED) is 0.887. The second kappa shape index (κ2) is 5.55. The molecule has 1 amide bonds. The molecule has 132 valence electrons. The van der Waals surface area contributed by atoms with Crippen LogP contribution in [0.1, 0.15) is 60.7 Å². The standard InChI is InChI=1S/C21H26N2OS/c1-21(2)19(14-7-9-23(21)10-8-14)22-20(24)18-12-16-6-5-15(13-3-4-13)11-17(16)25-18/h5-6,11-14,19H,3-4,7-10H2,1-2H3,(H,22,24)/t19-/m0/s1. The van der Waals surface area contributed by atoms with Gasteiger partial charge in [0.25, 0.3) is 5.91 Å². The molecule has 6 rings (SSSR count). The number of carbonyl (C=O) groups excluding carboxylic acids is 1. The number of fused-ring (bicyclic) bond motifs is 4. The minimum Gasteiger partial charge on any atom is -0.346 e. The van der Waals surface area contributed by atoms with Crippen LogP contribution in [0.4, 0.5) is 0 Å². The summed E-state index contributed by atoms with van der Waals surface area (Å²) in [6, 6.07) is 9.06. The lowest BCUT2D eigenvalue weighted by Crippen LogP contribution is -2.69. The highest BCUT2D eigenvalue weighted by molar-refractivity contribution is 7.20. The van der Waals surface area contributed by atoms with Crippen LogP contribution < -0.4 is 5.32 Å². The molecule has 0 radical (unpaired) electrons. The first-order valence-corrected chi connectivity index (χ1v) is 10.4. The molecule has 1 aromatic carbocycles. The van der Waals surface area contributed by atoms with Gasteiger partial charge in [0, 0.05) is 16.3 Å². The van der Waals surface area contributed by atoms with Gasteiger partial charge in [-0.15, -0.1) is 11.3 Å². The number of benzene rings is 1. The smallest absolute Gasteiger partial charge is 0.261 e. The van der Waals surface area contributed by atoms with Crippen molar-refractivity contribution in [3.05, 3.63) is 34.7 Å². The first kappa shape index (κ1) is 15.8. The van der Waals surface area contributed by atoms with Gasteiger partial charge in [0.05, 0.1) is 4.88 Å². The van der Waals surface area contributed by atoms with Crippen LogP contribution in [0.25, 0.3) is 10.1 Å². The summed E-state index contributed by atoms with van der Waals surface area (Å²) < 4.78 is 1.25. The van der Waals surface area contributed by atoms with Crippen LogP contribution in [0.15, 0.2) is 24.3 Å². The van der Waals surface area contributed by atoms with Crippen LogP contribution >= 0.6 is 11.3 Å². The Bertz CT molecular complexity index is 828. The third-order valence-corrected chi connectivity index (χ3v) is 7.79. The number of hydrogen-bond donors (Lipinski definition) is 1. The Morgan fingerprint density at radius 2 is 1.92 bits per heavy atom. The Morgan fingerprint density at radius 3 is 2.60 bits per heavy atom. The number of nitrogens with one attached hydrogen (secondary N) is 1. The molecule has 3 nitrogen and oxygen atoms in total. The van der Waals surface area contributed by atoms with Crippen LogP contribution in [-0.4, -0.2) is 35.5 Å². The minimum atomic E-state index is 0.0622. The van der Waals surface area contributed by atoms with Gasteiger partial charge in [0.15, 0.2) is 0 Å². The second-order valence-electron chi connectivity index (χ2n) is 8.61. The Hall–Kier alpha value is -1.39. The van der Waals surface area contributed by atoms with E-state index in [0.29, 0.717) is 5.92 Å². The summed E-state index contributed by atoms with van der Waals surface area (Å²) in [6.45, 7) is 6.93. The van der Waals surface area contributed by atoms with E-state index < -0.39 is 0 Å². The van der Waals surface area contributed by atoms with Crippen molar-refractivity contribution in [3.8, 4) is 0 Å². The predicted molar refractivity (Wildman–Crippen MR) is 103 cm³/mol. The molecule has 4 heterocycles. The first-order chi connectivity index (χ1) is 12.0. The van der Waals surface area contributed by atoms with Crippen LogP contribution in [0.5, 0.6) is 0 Å². The van der Waals surface area contributed by atoms with E-state index in [2.05, 4.69) is 48.3 Å². The summed E-state index contributed by atoms with van der Waals surface area (Å²) in [5.74, 6) is 1.50. The summed E-state index contributed by atoms with van der Waals surface area (Å²) in [5, 5.41) is 4.60. The van der Waals surface area contributed by atoms with Gasteiger partial charge >= 0.3 is 0 Å². The summed E-state index contributed by atoms with van der Waals surface area (Å²) in [5.41, 5.74) is 1.51. The maximum absolute atomic E-state index is 13.0. The van der Waals surface area contributed by atoms with Crippen molar-refractivity contribution in [2.24, 2.45) is 5.92 Å². The number of thiophene rings is 1. The average Bonchev–Trinajstić information content (AvgIpc) is 3.36. The molecule has 1 aliphatic carbocycles. The van der Waals surface area contributed by atoms with Crippen molar-refractivity contribution >= 4 is 27.3 Å². The summed E-state index contributed by atoms with van der Waals surface area (Å²) in [4.78, 5) is 16.4. The van der Waals surface area contributed by atoms with E-state index in [9.17, 15) is 4.79 Å². The van der Waals surface area contributed by atoms with E-state index in [1.54, 1.807) is 11.3 Å². The van der Waals surface area contributed by atoms with Gasteiger partial charge in [-0.2, -0.15) is 0 Å². The van der Waals surface area contributed by atoms with E-state index in [1.807, 2.05) is 0 Å². The fourth-order valence-corrected chi connectivity index (χ4v) is 5.93. The van der Waals surface area contributed by atoms with Crippen LogP contribution in [0.3, 0.4) is 0 Å². The maximum Gasteiger partial charge on any atom is 0.261 e. The highest BCUT2D eigenvalue weighted by atomic mass is 32.1. The van der Waals surface area contributed by atoms with Crippen molar-refractivity contribution in [1.29, 1.82) is 0 Å². The highest BCUT2D eigenvalue weighted by Crippen LogP contribution is 2.42. The number of hydrogen-bond acceptors (Lipinski definition) is 3. The fraction of sp³-hybridized carbons (Fsp3) is 0.571. The molecule has 0 spiro atoms. The van der Waals surface area contributed by atoms with E-state index in [-0.39, 0.29) is 17.5 Å². The van der Waals surface area contributed by atoms with Crippen LogP contribution in [0.2, 0.25) is 0 Å². The molecule has 1 N–H and O–H groups in total. The van der Waals surface area contributed by atoms with Crippen molar-refractivity contribution in [1.82, 2.24) is 10.2 Å². The van der Waals surface area contributed by atoms with Crippen LogP contribution in [0, 0.1) is 5.92 Å². The van der Waals surface area contributed by atoms with Gasteiger partial charge in [-0.05, 0) is 87.5 Å². The third kappa shape index (κ3) is 2.61. The zero-order valence-electron chi connectivity index (χ0n) is 15.0. The number of amides is 1. The number of rotatable bonds is 3. The largest absolute Gasteiger partial charge is 0.346 e. The Balaban J connectivity index is 1.39. The molecule has 1 aromatic heterocycles. The molecule has 1 atom stereocenters. The molecule has 4 fully saturated rings. The summed E-state index contributed by atoms with van der Waals surface area (Å²) in [6.07, 6.45) is 5.06. The topological polar surface area (TPSA) is 32.3 Å². The highest BCUT2D eigenvalue weighted by Gasteiger charge is 2.48. The molecule has 4 heteroatoms. The lowest BCUT2D eigenvalue weighted by Gasteiger charge is -2.56. The molecule has 3 aliphatic heterocycles. The van der Waals surface area contributed by atoms with E-state index in [4.69, 9.17) is 0 Å². The van der Waals surface area contributed by atoms with Crippen molar-refractivity contribution in [2.45, 2.75) is 57.0 Å². The lowest BCUT2D eigenvalue weighted by atomic mass is 9.72. The lowest BCUT2D eigenvalue weighted by molar-refractivity contribution is -0.0377. The second-order valence-corrected chi connectivity index (χ2v) is 9.70. The van der Waals surface area contributed by atoms with Gasteiger partial charge < -0.3 is 5.32 Å². The van der Waals surface area contributed by atoms with Crippen LogP contribution in [-0.2, 0) is 0 Å². The molecule has 2 aromatic rings. The minimum absolute atomic E-state index is 0.0622. The molecular weight excluding hydrogens is 328 g/mol. The van der Waals surface area contributed by atoms with Gasteiger partial charge in [0.1, 0.15) is 0 Å². The molecule has 4 aliphatic rings. The third-order valence-electron chi connectivity index (χ3n) is 6.69. The van der Waals surface area contributed by atoms with Gasteiger partial charge in [-0.25, -0.2) is 0 Å². The Morgan fingerprint density at radius 1 is 1.16 bits per heavy atom. The SMILES string of the molecule is CC1(C)[C@@H](NC(=O)c2cc3ccc(C4CC4)cc3s2)C2CCN1CC2. The van der Waals surface area contributed by atoms with Gasteiger partial charge in [-0.1, -0.05) is 12.1 Å². The number of carbonyl (C=O) groups is 1. The maximum atomic E-state index is 13.0. The molecule has 25 heavy (non-hydrogen) atoms. The normalized spacial score (nSPS) is 30.6. The Labute approximate surface area is 153 Å². The van der Waals surface area contributed by atoms with Crippen molar-refractivity contribution in [3.63, 3.8) is 0 Å². The van der Waals surface area contributed by atoms with E-state index >= 15 is 0 Å². The van der Waals surface area contributed by atoms with E-state index in [1.165, 1.54) is 54.4 Å². The molecular formula is C21H26N2OS. The Kier molecular flexibility index (Phi) is 3.52. The summed E-state index contributed by atoms with van der Waals surface area (Å²) >= 11 is 1.65. The monoisotopic (exact) mass is 354 g/mol. The van der Waals surface area contributed by atoms with E-state index in [0.717, 1.165) is 10.8 Å². The number of piperidine rings is 3. The van der Waals surface area contributed by atoms with Gasteiger partial charge in [-0.3, -0.25) is 9.69 Å². The zero-order chi connectivity index (χ0) is 17.2. The first-order valence-electron chi connectivity index (χ1n) is 9.62. The zero-order valence-corrected chi connectivity index (χ0v) is 15.9.